The molecule has 1 fully saturated rings. The minimum atomic E-state index is -0.0640. The summed E-state index contributed by atoms with van der Waals surface area (Å²) < 4.78 is 5.04. The molecule has 110 valence electrons. The van der Waals surface area contributed by atoms with Gasteiger partial charge in [-0.2, -0.15) is 0 Å². The lowest BCUT2D eigenvalue weighted by molar-refractivity contribution is -0.144. The number of piperidine rings is 1. The second kappa shape index (κ2) is 7.65. The van der Waals surface area contributed by atoms with Gasteiger partial charge in [0, 0.05) is 24.5 Å². The molecule has 0 N–H and O–H groups in total. The van der Waals surface area contributed by atoms with E-state index < -0.39 is 0 Å². The number of carbonyl (C=O) groups is 1. The van der Waals surface area contributed by atoms with E-state index in [1.165, 1.54) is 5.56 Å². The van der Waals surface area contributed by atoms with Gasteiger partial charge < -0.3 is 4.74 Å². The second-order valence-corrected chi connectivity index (χ2v) is 5.82. The highest BCUT2D eigenvalue weighted by atomic mass is 35.5. The largest absolute Gasteiger partial charge is 0.466 e. The van der Waals surface area contributed by atoms with Crippen LogP contribution in [0.15, 0.2) is 24.3 Å². The summed E-state index contributed by atoms with van der Waals surface area (Å²) in [6.45, 7) is 5.32. The highest BCUT2D eigenvalue weighted by molar-refractivity contribution is 6.30. The molecule has 0 bridgehead atoms. The molecular weight excluding hydrogens is 274 g/mol. The maximum atomic E-state index is 11.6. The molecule has 0 saturated carbocycles. The Morgan fingerprint density at radius 2 is 2.15 bits per heavy atom. The van der Waals surface area contributed by atoms with Gasteiger partial charge in [0.2, 0.25) is 0 Å². The Bertz CT molecular complexity index is 433. The van der Waals surface area contributed by atoms with Crippen molar-refractivity contribution in [2.45, 2.75) is 32.7 Å². The third kappa shape index (κ3) is 4.80. The van der Waals surface area contributed by atoms with Crippen molar-refractivity contribution < 1.29 is 9.53 Å². The zero-order valence-electron chi connectivity index (χ0n) is 12.0. The topological polar surface area (TPSA) is 29.5 Å². The van der Waals surface area contributed by atoms with Crippen LogP contribution in [0.2, 0.25) is 5.02 Å². The van der Waals surface area contributed by atoms with E-state index in [-0.39, 0.29) is 5.97 Å². The van der Waals surface area contributed by atoms with Gasteiger partial charge >= 0.3 is 5.97 Å². The predicted molar refractivity (Wildman–Crippen MR) is 80.7 cm³/mol. The van der Waals surface area contributed by atoms with Gasteiger partial charge in [-0.15, -0.1) is 0 Å². The molecular formula is C16H22ClNO2. The van der Waals surface area contributed by atoms with Crippen LogP contribution in [0.5, 0.6) is 0 Å². The van der Waals surface area contributed by atoms with E-state index in [9.17, 15) is 4.79 Å². The summed E-state index contributed by atoms with van der Waals surface area (Å²) in [5.74, 6) is 0.362. The Balaban J connectivity index is 1.83. The Kier molecular flexibility index (Phi) is 5.86. The lowest BCUT2D eigenvalue weighted by Gasteiger charge is -2.32. The summed E-state index contributed by atoms with van der Waals surface area (Å²) in [6, 6.07) is 7.99. The number of hydrogen-bond donors (Lipinski definition) is 0. The molecule has 2 rings (SSSR count). The van der Waals surface area contributed by atoms with E-state index in [0.717, 1.165) is 37.5 Å². The average Bonchev–Trinajstić information content (AvgIpc) is 2.42. The zero-order chi connectivity index (χ0) is 14.4. The lowest BCUT2D eigenvalue weighted by Crippen LogP contribution is -2.36. The van der Waals surface area contributed by atoms with Crippen molar-refractivity contribution in [1.29, 1.82) is 0 Å². The van der Waals surface area contributed by atoms with Crippen LogP contribution in [0, 0.1) is 5.92 Å². The Morgan fingerprint density at radius 3 is 2.85 bits per heavy atom. The molecule has 1 aliphatic rings. The summed E-state index contributed by atoms with van der Waals surface area (Å²) in [5, 5.41) is 0.771. The fraction of sp³-hybridized carbons (Fsp3) is 0.562. The third-order valence-corrected chi connectivity index (χ3v) is 3.94. The highest BCUT2D eigenvalue weighted by Gasteiger charge is 2.22. The summed E-state index contributed by atoms with van der Waals surface area (Å²) in [5.41, 5.74) is 1.27. The third-order valence-electron chi connectivity index (χ3n) is 3.68. The van der Waals surface area contributed by atoms with E-state index in [4.69, 9.17) is 16.3 Å². The number of benzene rings is 1. The fourth-order valence-electron chi connectivity index (χ4n) is 2.77. The Hall–Kier alpha value is -1.06. The molecule has 0 amide bonds. The van der Waals surface area contributed by atoms with Gasteiger partial charge in [-0.1, -0.05) is 23.7 Å². The van der Waals surface area contributed by atoms with E-state index in [2.05, 4.69) is 17.0 Å². The lowest BCUT2D eigenvalue weighted by atomic mass is 9.94. The molecule has 1 saturated heterocycles. The molecule has 1 aromatic rings. The van der Waals surface area contributed by atoms with E-state index in [1.54, 1.807) is 0 Å². The highest BCUT2D eigenvalue weighted by Crippen LogP contribution is 2.22. The Labute approximate surface area is 125 Å². The van der Waals surface area contributed by atoms with E-state index in [1.807, 2.05) is 19.1 Å². The molecule has 1 heterocycles. The number of esters is 1. The first-order chi connectivity index (χ1) is 9.67. The summed E-state index contributed by atoms with van der Waals surface area (Å²) in [4.78, 5) is 14.0. The molecule has 1 unspecified atom stereocenters. The molecule has 0 aliphatic carbocycles. The second-order valence-electron chi connectivity index (χ2n) is 5.38. The van der Waals surface area contributed by atoms with Crippen LogP contribution in [0.4, 0.5) is 0 Å². The summed E-state index contributed by atoms with van der Waals surface area (Å²) in [6.07, 6.45) is 2.82. The maximum Gasteiger partial charge on any atom is 0.306 e. The first-order valence-electron chi connectivity index (χ1n) is 7.29. The summed E-state index contributed by atoms with van der Waals surface area (Å²) >= 11 is 5.90. The van der Waals surface area contributed by atoms with E-state index in [0.29, 0.717) is 18.9 Å². The van der Waals surface area contributed by atoms with Crippen LogP contribution >= 0.6 is 11.6 Å². The molecule has 4 heteroatoms. The summed E-state index contributed by atoms with van der Waals surface area (Å²) in [7, 11) is 0. The quantitative estimate of drug-likeness (QED) is 0.779. The molecule has 0 aromatic heterocycles. The Morgan fingerprint density at radius 1 is 1.40 bits per heavy atom. The van der Waals surface area contributed by atoms with Crippen molar-refractivity contribution in [3.05, 3.63) is 34.9 Å². The fourth-order valence-corrected chi connectivity index (χ4v) is 2.89. The van der Waals surface area contributed by atoms with Crippen LogP contribution in [0.1, 0.15) is 31.7 Å². The number of halogens is 1. The van der Waals surface area contributed by atoms with Gasteiger partial charge in [-0.25, -0.2) is 0 Å². The zero-order valence-corrected chi connectivity index (χ0v) is 12.7. The first-order valence-corrected chi connectivity index (χ1v) is 7.67. The van der Waals surface area contributed by atoms with Crippen molar-refractivity contribution in [2.24, 2.45) is 5.92 Å². The standard InChI is InChI=1S/C16H22ClNO2/c1-2-20-16(19)10-14-4-3-9-18(12-14)11-13-5-7-15(17)8-6-13/h5-8,14H,2-4,9-12H2,1H3. The molecule has 3 nitrogen and oxygen atoms in total. The van der Waals surface area contributed by atoms with Gasteiger partial charge in [0.1, 0.15) is 0 Å². The van der Waals surface area contributed by atoms with Crippen LogP contribution in [0.3, 0.4) is 0 Å². The first kappa shape index (κ1) is 15.3. The molecule has 0 spiro atoms. The normalized spacial score (nSPS) is 19.8. The number of nitrogens with zero attached hydrogens (tertiary/aromatic N) is 1. The average molecular weight is 296 g/mol. The number of carbonyl (C=O) groups excluding carboxylic acids is 1. The van der Waals surface area contributed by atoms with Crippen LogP contribution in [0.25, 0.3) is 0 Å². The van der Waals surface area contributed by atoms with Crippen molar-refractivity contribution in [2.75, 3.05) is 19.7 Å². The molecule has 0 radical (unpaired) electrons. The van der Waals surface area contributed by atoms with Crippen molar-refractivity contribution in [3.63, 3.8) is 0 Å². The van der Waals surface area contributed by atoms with Gasteiger partial charge in [0.15, 0.2) is 0 Å². The number of rotatable bonds is 5. The number of hydrogen-bond acceptors (Lipinski definition) is 3. The van der Waals surface area contributed by atoms with E-state index >= 15 is 0 Å². The van der Waals surface area contributed by atoms with Gasteiger partial charge in [0.25, 0.3) is 0 Å². The van der Waals surface area contributed by atoms with Gasteiger partial charge in [-0.05, 0) is 49.9 Å². The van der Waals surface area contributed by atoms with Crippen LogP contribution in [-0.4, -0.2) is 30.6 Å². The SMILES string of the molecule is CCOC(=O)CC1CCCN(Cc2ccc(Cl)cc2)C1. The molecule has 1 atom stereocenters. The smallest absolute Gasteiger partial charge is 0.306 e. The van der Waals surface area contributed by atoms with Crippen molar-refractivity contribution in [1.82, 2.24) is 4.90 Å². The van der Waals surface area contributed by atoms with Crippen molar-refractivity contribution >= 4 is 17.6 Å². The number of likely N-dealkylation sites (tertiary alicyclic amines) is 1. The predicted octanol–water partition coefficient (Wildman–Crippen LogP) is 3.51. The minimum Gasteiger partial charge on any atom is -0.466 e. The van der Waals surface area contributed by atoms with Crippen LogP contribution < -0.4 is 0 Å². The monoisotopic (exact) mass is 295 g/mol. The van der Waals surface area contributed by atoms with Crippen LogP contribution in [-0.2, 0) is 16.1 Å². The molecule has 1 aliphatic heterocycles. The van der Waals surface area contributed by atoms with Gasteiger partial charge in [0.05, 0.1) is 6.61 Å². The molecule has 1 aromatic carbocycles. The minimum absolute atomic E-state index is 0.0640. The number of ether oxygens (including phenoxy) is 1. The molecule has 20 heavy (non-hydrogen) atoms. The van der Waals surface area contributed by atoms with Gasteiger partial charge in [-0.3, -0.25) is 9.69 Å². The maximum absolute atomic E-state index is 11.6. The van der Waals surface area contributed by atoms with Crippen molar-refractivity contribution in [3.8, 4) is 0 Å².